The lowest BCUT2D eigenvalue weighted by molar-refractivity contribution is -0.145. The molecule has 0 spiro atoms. The van der Waals surface area contributed by atoms with Gasteiger partial charge in [0.2, 0.25) is 5.91 Å². The van der Waals surface area contributed by atoms with E-state index in [9.17, 15) is 14.4 Å². The average molecular weight is 386 g/mol. The minimum Gasteiger partial charge on any atom is -0.467 e. The Balaban J connectivity index is 1.88. The molecule has 1 aromatic carbocycles. The van der Waals surface area contributed by atoms with Crippen LogP contribution >= 0.6 is 0 Å². The van der Waals surface area contributed by atoms with E-state index in [0.29, 0.717) is 30.7 Å². The van der Waals surface area contributed by atoms with E-state index in [4.69, 9.17) is 9.15 Å². The van der Waals surface area contributed by atoms with Gasteiger partial charge >= 0.3 is 11.6 Å². The van der Waals surface area contributed by atoms with Gasteiger partial charge in [-0.05, 0) is 37.3 Å². The van der Waals surface area contributed by atoms with Gasteiger partial charge in [-0.1, -0.05) is 26.0 Å². The number of rotatable bonds is 6. The summed E-state index contributed by atoms with van der Waals surface area (Å²) in [6, 6.07) is 7.57. The highest BCUT2D eigenvalue weighted by atomic mass is 16.5. The van der Waals surface area contributed by atoms with Gasteiger partial charge < -0.3 is 19.4 Å². The van der Waals surface area contributed by atoms with E-state index < -0.39 is 23.7 Å². The molecule has 150 valence electrons. The van der Waals surface area contributed by atoms with Crippen LogP contribution in [0.4, 0.5) is 5.69 Å². The summed E-state index contributed by atoms with van der Waals surface area (Å²) in [6.45, 7) is 4.62. The van der Waals surface area contributed by atoms with E-state index in [2.05, 4.69) is 5.32 Å². The maximum absolute atomic E-state index is 13.0. The van der Waals surface area contributed by atoms with Crippen molar-refractivity contribution in [3.05, 3.63) is 40.8 Å². The minimum absolute atomic E-state index is 0.229. The molecule has 0 saturated carbocycles. The molecule has 7 heteroatoms. The minimum atomic E-state index is -0.683. The Morgan fingerprint density at radius 3 is 2.79 bits per heavy atom. The first-order valence-corrected chi connectivity index (χ1v) is 9.58. The maximum Gasteiger partial charge on any atom is 0.338 e. The third kappa shape index (κ3) is 4.18. The second-order valence-corrected chi connectivity index (χ2v) is 7.51. The summed E-state index contributed by atoms with van der Waals surface area (Å²) in [5.74, 6) is -0.449. The van der Waals surface area contributed by atoms with Gasteiger partial charge in [0.1, 0.15) is 17.7 Å². The van der Waals surface area contributed by atoms with E-state index in [1.165, 1.54) is 13.2 Å². The fraction of sp³-hybridized carbons (Fsp3) is 0.476. The van der Waals surface area contributed by atoms with Crippen molar-refractivity contribution in [2.75, 3.05) is 18.6 Å². The van der Waals surface area contributed by atoms with Crippen molar-refractivity contribution in [1.82, 2.24) is 5.32 Å². The molecule has 1 aromatic heterocycles. The van der Waals surface area contributed by atoms with Crippen LogP contribution in [0.2, 0.25) is 0 Å². The first-order valence-electron chi connectivity index (χ1n) is 9.58. The largest absolute Gasteiger partial charge is 0.467 e. The average Bonchev–Trinajstić information content (AvgIpc) is 3.15. The third-order valence-electron chi connectivity index (χ3n) is 5.00. The summed E-state index contributed by atoms with van der Waals surface area (Å²) in [6.07, 6.45) is 1.97. The normalized spacial score (nSPS) is 17.7. The van der Waals surface area contributed by atoms with Gasteiger partial charge in [-0.3, -0.25) is 4.79 Å². The Morgan fingerprint density at radius 1 is 1.32 bits per heavy atom. The first-order chi connectivity index (χ1) is 13.4. The lowest BCUT2D eigenvalue weighted by atomic mass is 10.0. The molecule has 1 amide bonds. The summed E-state index contributed by atoms with van der Waals surface area (Å²) >= 11 is 0. The molecule has 0 bridgehead atoms. The lowest BCUT2D eigenvalue weighted by Crippen LogP contribution is -2.50. The molecule has 1 unspecified atom stereocenters. The van der Waals surface area contributed by atoms with Gasteiger partial charge in [0, 0.05) is 18.0 Å². The molecule has 1 saturated heterocycles. The third-order valence-corrected chi connectivity index (χ3v) is 5.00. The number of carbonyl (C=O) groups is 2. The van der Waals surface area contributed by atoms with Crippen molar-refractivity contribution in [3.8, 4) is 0 Å². The topological polar surface area (TPSA) is 88.9 Å². The zero-order valence-electron chi connectivity index (χ0n) is 16.4. The van der Waals surface area contributed by atoms with E-state index >= 15 is 0 Å². The van der Waals surface area contributed by atoms with Gasteiger partial charge in [0.25, 0.3) is 0 Å². The Morgan fingerprint density at radius 2 is 2.07 bits per heavy atom. The SMILES string of the molecule is COC(=O)C(CC(C)C)NC(=O)[C@@H]1CCCN1c1cc(=O)oc2ccccc12. The Bertz CT molecular complexity index is 920. The van der Waals surface area contributed by atoms with Gasteiger partial charge in [0.05, 0.1) is 12.8 Å². The molecular formula is C21H26N2O5. The predicted molar refractivity (Wildman–Crippen MR) is 106 cm³/mol. The maximum atomic E-state index is 13.0. The van der Waals surface area contributed by atoms with Crippen molar-refractivity contribution < 1.29 is 18.7 Å². The van der Waals surface area contributed by atoms with Gasteiger partial charge in [-0.2, -0.15) is 0 Å². The number of hydrogen-bond donors (Lipinski definition) is 1. The summed E-state index contributed by atoms with van der Waals surface area (Å²) < 4.78 is 10.1. The number of hydrogen-bond acceptors (Lipinski definition) is 6. The molecule has 7 nitrogen and oxygen atoms in total. The van der Waals surface area contributed by atoms with E-state index in [1.54, 1.807) is 12.1 Å². The first kappa shape index (κ1) is 19.9. The Labute approximate surface area is 163 Å². The number of benzene rings is 1. The van der Waals surface area contributed by atoms with Crippen LogP contribution in [-0.2, 0) is 14.3 Å². The van der Waals surface area contributed by atoms with Crippen LogP contribution in [-0.4, -0.2) is 37.6 Å². The Kier molecular flexibility index (Phi) is 6.02. The van der Waals surface area contributed by atoms with Gasteiger partial charge in [-0.25, -0.2) is 9.59 Å². The zero-order valence-corrected chi connectivity index (χ0v) is 16.4. The summed E-state index contributed by atoms with van der Waals surface area (Å²) in [7, 11) is 1.32. The van der Waals surface area contributed by atoms with E-state index in [-0.39, 0.29) is 11.8 Å². The highest BCUT2D eigenvalue weighted by Gasteiger charge is 2.34. The number of esters is 1. The quantitative estimate of drug-likeness (QED) is 0.606. The number of anilines is 1. The van der Waals surface area contributed by atoms with Crippen molar-refractivity contribution in [1.29, 1.82) is 0 Å². The van der Waals surface area contributed by atoms with Crippen LogP contribution in [0.1, 0.15) is 33.1 Å². The second kappa shape index (κ2) is 8.46. The van der Waals surface area contributed by atoms with E-state index in [1.807, 2.05) is 30.9 Å². The Hall–Kier alpha value is -2.83. The summed E-state index contributed by atoms with van der Waals surface area (Å²) in [5, 5.41) is 3.63. The van der Waals surface area contributed by atoms with Crippen LogP contribution in [0, 0.1) is 5.92 Å². The monoisotopic (exact) mass is 386 g/mol. The molecule has 1 aliphatic heterocycles. The van der Waals surface area contributed by atoms with Crippen molar-refractivity contribution in [2.24, 2.45) is 5.92 Å². The molecule has 2 heterocycles. The second-order valence-electron chi connectivity index (χ2n) is 7.51. The highest BCUT2D eigenvalue weighted by Crippen LogP contribution is 2.31. The van der Waals surface area contributed by atoms with Gasteiger partial charge in [0.15, 0.2) is 0 Å². The number of amides is 1. The molecule has 1 N–H and O–H groups in total. The molecule has 28 heavy (non-hydrogen) atoms. The molecule has 2 atom stereocenters. The van der Waals surface area contributed by atoms with Crippen LogP contribution in [0.25, 0.3) is 11.0 Å². The number of nitrogens with zero attached hydrogens (tertiary/aromatic N) is 1. The van der Waals surface area contributed by atoms with Crippen molar-refractivity contribution in [2.45, 2.75) is 45.2 Å². The molecule has 1 fully saturated rings. The lowest BCUT2D eigenvalue weighted by Gasteiger charge is -2.28. The number of nitrogens with one attached hydrogen (secondary N) is 1. The molecular weight excluding hydrogens is 360 g/mol. The number of para-hydroxylation sites is 1. The number of fused-ring (bicyclic) bond motifs is 1. The molecule has 0 aliphatic carbocycles. The van der Waals surface area contributed by atoms with Crippen LogP contribution in [0.15, 0.2) is 39.5 Å². The number of ether oxygens (including phenoxy) is 1. The van der Waals surface area contributed by atoms with Crippen LogP contribution < -0.4 is 15.8 Å². The number of carbonyl (C=O) groups excluding carboxylic acids is 2. The smallest absolute Gasteiger partial charge is 0.338 e. The predicted octanol–water partition coefficient (Wildman–Crippen LogP) is 2.47. The highest BCUT2D eigenvalue weighted by molar-refractivity contribution is 5.95. The molecule has 3 rings (SSSR count). The van der Waals surface area contributed by atoms with Crippen LogP contribution in [0.3, 0.4) is 0 Å². The fourth-order valence-electron chi connectivity index (χ4n) is 3.76. The summed E-state index contributed by atoms with van der Waals surface area (Å²) in [5.41, 5.74) is 0.721. The fourth-order valence-corrected chi connectivity index (χ4v) is 3.76. The number of methoxy groups -OCH3 is 1. The van der Waals surface area contributed by atoms with Gasteiger partial charge in [-0.15, -0.1) is 0 Å². The molecule has 1 aliphatic rings. The van der Waals surface area contributed by atoms with E-state index in [0.717, 1.165) is 11.8 Å². The zero-order chi connectivity index (χ0) is 20.3. The van der Waals surface area contributed by atoms with Crippen molar-refractivity contribution in [3.63, 3.8) is 0 Å². The molecule has 0 radical (unpaired) electrons. The summed E-state index contributed by atoms with van der Waals surface area (Å²) in [4.78, 5) is 39.0. The van der Waals surface area contributed by atoms with Crippen molar-refractivity contribution >= 4 is 28.5 Å². The van der Waals surface area contributed by atoms with Crippen LogP contribution in [0.5, 0.6) is 0 Å². The molecule has 2 aromatic rings. The standard InChI is InChI=1S/C21H26N2O5/c1-13(2)11-15(21(26)27-3)22-20(25)16-8-6-10-23(16)17-12-19(24)28-18-9-5-4-7-14(17)18/h4-5,7,9,12-13,15-16H,6,8,10-11H2,1-3H3,(H,22,25)/t15?,16-/m0/s1.